The molecule has 2 aromatic rings. The molecule has 0 spiro atoms. The number of hydrogen-bond acceptors (Lipinski definition) is 2. The molecule has 1 N–H and O–H groups in total. The van der Waals surface area contributed by atoms with Crippen LogP contribution in [0.5, 0.6) is 5.75 Å². The summed E-state index contributed by atoms with van der Waals surface area (Å²) in [6.07, 6.45) is 0. The van der Waals surface area contributed by atoms with Crippen molar-refractivity contribution in [2.75, 3.05) is 0 Å². The Morgan fingerprint density at radius 2 is 1.81 bits per heavy atom. The van der Waals surface area contributed by atoms with Crippen LogP contribution in [0.1, 0.15) is 40.9 Å². The molecule has 21 heavy (non-hydrogen) atoms. The Morgan fingerprint density at radius 3 is 2.48 bits per heavy atom. The predicted octanol–water partition coefficient (Wildman–Crippen LogP) is 3.88. The first-order valence-electron chi connectivity index (χ1n) is 7.31. The fourth-order valence-corrected chi connectivity index (χ4v) is 2.58. The minimum atomic E-state index is 0.0522. The molecule has 110 valence electrons. The Morgan fingerprint density at radius 1 is 1.10 bits per heavy atom. The van der Waals surface area contributed by atoms with Crippen LogP contribution in [0.15, 0.2) is 42.5 Å². The summed E-state index contributed by atoms with van der Waals surface area (Å²) in [7, 11) is 0. The Hall–Kier alpha value is -2.29. The molecule has 1 amide bonds. The summed E-state index contributed by atoms with van der Waals surface area (Å²) < 4.78 is 0. The number of phenols is 1. The number of hydrogen-bond donors (Lipinski definition) is 1. The minimum absolute atomic E-state index is 0.0522. The number of para-hydroxylation sites is 1. The molecule has 0 radical (unpaired) electrons. The molecule has 3 heteroatoms. The van der Waals surface area contributed by atoms with Gasteiger partial charge >= 0.3 is 0 Å². The third kappa shape index (κ3) is 2.92. The molecular weight excluding hydrogens is 262 g/mol. The van der Waals surface area contributed by atoms with E-state index in [4.69, 9.17) is 0 Å². The maximum Gasteiger partial charge on any atom is 0.255 e. The highest BCUT2D eigenvalue weighted by atomic mass is 16.3. The van der Waals surface area contributed by atoms with Crippen LogP contribution in [-0.4, -0.2) is 15.9 Å². The van der Waals surface area contributed by atoms with Gasteiger partial charge in [-0.1, -0.05) is 50.2 Å². The van der Waals surface area contributed by atoms with Crippen LogP contribution in [0.2, 0.25) is 0 Å². The SMILES string of the molecule is CC.Cc1cccc2c1C(=O)N(Cc1ccccc1O)C2. The second-order valence-corrected chi connectivity index (χ2v) is 4.90. The first-order chi connectivity index (χ1) is 10.2. The lowest BCUT2D eigenvalue weighted by Crippen LogP contribution is -2.23. The van der Waals surface area contributed by atoms with E-state index in [0.29, 0.717) is 13.1 Å². The molecule has 0 saturated heterocycles. The molecule has 1 aliphatic rings. The topological polar surface area (TPSA) is 40.5 Å². The van der Waals surface area contributed by atoms with Crippen LogP contribution in [0.4, 0.5) is 0 Å². The van der Waals surface area contributed by atoms with Crippen molar-refractivity contribution in [3.63, 3.8) is 0 Å². The Bertz CT molecular complexity index is 649. The van der Waals surface area contributed by atoms with Gasteiger partial charge in [0, 0.05) is 24.2 Å². The van der Waals surface area contributed by atoms with Crippen molar-refractivity contribution in [1.29, 1.82) is 0 Å². The second-order valence-electron chi connectivity index (χ2n) is 4.90. The molecular formula is C18H21NO2. The number of carbonyl (C=O) groups is 1. The molecule has 3 nitrogen and oxygen atoms in total. The summed E-state index contributed by atoms with van der Waals surface area (Å²) >= 11 is 0. The molecule has 1 aliphatic heterocycles. The van der Waals surface area contributed by atoms with Crippen molar-refractivity contribution >= 4 is 5.91 Å². The van der Waals surface area contributed by atoms with Gasteiger partial charge in [-0.15, -0.1) is 0 Å². The molecule has 0 fully saturated rings. The molecule has 1 heterocycles. The van der Waals surface area contributed by atoms with E-state index < -0.39 is 0 Å². The highest BCUT2D eigenvalue weighted by molar-refractivity contribution is 5.99. The summed E-state index contributed by atoms with van der Waals surface area (Å²) in [6, 6.07) is 13.1. The number of nitrogens with zero attached hydrogens (tertiary/aromatic N) is 1. The molecule has 3 rings (SSSR count). The van der Waals surface area contributed by atoms with Crippen molar-refractivity contribution in [3.8, 4) is 5.75 Å². The van der Waals surface area contributed by atoms with E-state index in [2.05, 4.69) is 0 Å². The van der Waals surface area contributed by atoms with Crippen molar-refractivity contribution in [3.05, 3.63) is 64.7 Å². The normalized spacial score (nSPS) is 12.7. The van der Waals surface area contributed by atoms with E-state index in [9.17, 15) is 9.90 Å². The lowest BCUT2D eigenvalue weighted by molar-refractivity contribution is 0.0765. The molecule has 0 aliphatic carbocycles. The molecule has 0 atom stereocenters. The highest BCUT2D eigenvalue weighted by Gasteiger charge is 2.28. The van der Waals surface area contributed by atoms with Crippen molar-refractivity contribution in [2.45, 2.75) is 33.9 Å². The highest BCUT2D eigenvalue weighted by Crippen LogP contribution is 2.28. The minimum Gasteiger partial charge on any atom is -0.508 e. The standard InChI is InChI=1S/C16H15NO2.C2H6/c1-11-5-4-7-13-10-17(16(19)15(11)13)9-12-6-2-3-8-14(12)18;1-2/h2-8,18H,9-10H2,1H3;1-2H3. The van der Waals surface area contributed by atoms with E-state index in [1.165, 1.54) is 0 Å². The predicted molar refractivity (Wildman–Crippen MR) is 84.2 cm³/mol. The molecule has 0 aromatic heterocycles. The fraction of sp³-hybridized carbons (Fsp3) is 0.278. The van der Waals surface area contributed by atoms with Gasteiger partial charge in [0.15, 0.2) is 0 Å². The maximum absolute atomic E-state index is 12.4. The first kappa shape index (κ1) is 15.1. The molecule has 0 bridgehead atoms. The monoisotopic (exact) mass is 283 g/mol. The zero-order chi connectivity index (χ0) is 15.4. The zero-order valence-electron chi connectivity index (χ0n) is 12.8. The second kappa shape index (κ2) is 6.44. The number of aromatic hydroxyl groups is 1. The largest absolute Gasteiger partial charge is 0.508 e. The fourth-order valence-electron chi connectivity index (χ4n) is 2.58. The van der Waals surface area contributed by atoms with Gasteiger partial charge in [-0.05, 0) is 24.1 Å². The van der Waals surface area contributed by atoms with Crippen molar-refractivity contribution in [1.82, 2.24) is 4.90 Å². The average Bonchev–Trinajstić information content (AvgIpc) is 2.81. The first-order valence-corrected chi connectivity index (χ1v) is 7.31. The lowest BCUT2D eigenvalue weighted by atomic mass is 10.0. The van der Waals surface area contributed by atoms with Gasteiger partial charge in [-0.2, -0.15) is 0 Å². The van der Waals surface area contributed by atoms with E-state index in [1.54, 1.807) is 17.0 Å². The van der Waals surface area contributed by atoms with Crippen molar-refractivity contribution < 1.29 is 9.90 Å². The summed E-state index contributed by atoms with van der Waals surface area (Å²) in [5.74, 6) is 0.291. The zero-order valence-corrected chi connectivity index (χ0v) is 12.8. The van der Waals surface area contributed by atoms with Gasteiger partial charge in [0.05, 0.1) is 0 Å². The Balaban J connectivity index is 0.000000774. The number of rotatable bonds is 2. The van der Waals surface area contributed by atoms with Gasteiger partial charge in [0.1, 0.15) is 5.75 Å². The molecule has 0 unspecified atom stereocenters. The van der Waals surface area contributed by atoms with Gasteiger partial charge < -0.3 is 10.0 Å². The summed E-state index contributed by atoms with van der Waals surface area (Å²) in [5.41, 5.74) is 3.68. The number of carbonyl (C=O) groups excluding carboxylic acids is 1. The van der Waals surface area contributed by atoms with E-state index >= 15 is 0 Å². The summed E-state index contributed by atoms with van der Waals surface area (Å²) in [4.78, 5) is 14.1. The molecule has 2 aromatic carbocycles. The van der Waals surface area contributed by atoms with Gasteiger partial charge in [0.25, 0.3) is 5.91 Å². The lowest BCUT2D eigenvalue weighted by Gasteiger charge is -2.16. The number of phenolic OH excluding ortho intramolecular Hbond substituents is 1. The van der Waals surface area contributed by atoms with Gasteiger partial charge in [-0.3, -0.25) is 4.79 Å². The summed E-state index contributed by atoms with van der Waals surface area (Å²) in [6.45, 7) is 7.02. The number of amides is 1. The van der Waals surface area contributed by atoms with E-state index in [-0.39, 0.29) is 11.7 Å². The number of benzene rings is 2. The Kier molecular flexibility index (Phi) is 4.63. The van der Waals surface area contributed by atoms with Crippen LogP contribution in [-0.2, 0) is 13.1 Å². The molecule has 0 saturated carbocycles. The Labute approximate surface area is 125 Å². The third-order valence-electron chi connectivity index (χ3n) is 3.57. The number of aryl methyl sites for hydroxylation is 1. The van der Waals surface area contributed by atoms with Crippen LogP contribution in [0, 0.1) is 6.92 Å². The maximum atomic E-state index is 12.4. The van der Waals surface area contributed by atoms with Gasteiger partial charge in [0.2, 0.25) is 0 Å². The van der Waals surface area contributed by atoms with E-state index in [1.807, 2.05) is 51.1 Å². The van der Waals surface area contributed by atoms with E-state index in [0.717, 1.165) is 22.3 Å². The smallest absolute Gasteiger partial charge is 0.255 e. The van der Waals surface area contributed by atoms with Crippen LogP contribution >= 0.6 is 0 Å². The average molecular weight is 283 g/mol. The van der Waals surface area contributed by atoms with Gasteiger partial charge in [-0.25, -0.2) is 0 Å². The van der Waals surface area contributed by atoms with Crippen LogP contribution in [0.25, 0.3) is 0 Å². The van der Waals surface area contributed by atoms with Crippen LogP contribution in [0.3, 0.4) is 0 Å². The third-order valence-corrected chi connectivity index (χ3v) is 3.57. The van der Waals surface area contributed by atoms with Crippen LogP contribution < -0.4 is 0 Å². The van der Waals surface area contributed by atoms with Crippen molar-refractivity contribution in [2.24, 2.45) is 0 Å². The number of fused-ring (bicyclic) bond motifs is 1. The quantitative estimate of drug-likeness (QED) is 0.908. The summed E-state index contributed by atoms with van der Waals surface area (Å²) in [5, 5.41) is 9.79.